The van der Waals surface area contributed by atoms with E-state index in [4.69, 9.17) is 0 Å². The molecule has 2 aliphatic rings. The highest BCUT2D eigenvalue weighted by molar-refractivity contribution is 6.02. The molecule has 1 fully saturated rings. The van der Waals surface area contributed by atoms with Crippen LogP contribution in [0.5, 0.6) is 11.5 Å². The van der Waals surface area contributed by atoms with Gasteiger partial charge in [-0.05, 0) is 54.8 Å². The Kier molecular flexibility index (Phi) is 5.34. The molecule has 35 heavy (non-hydrogen) atoms. The average molecular weight is 489 g/mol. The Bertz CT molecular complexity index is 1310. The number of carbonyl (C=O) groups is 1. The average Bonchev–Trinajstić information content (AvgIpc) is 3.42. The van der Waals surface area contributed by atoms with E-state index in [1.165, 1.54) is 12.1 Å². The van der Waals surface area contributed by atoms with E-state index in [0.717, 1.165) is 16.6 Å². The molecule has 1 aliphatic carbocycles. The topological polar surface area (TPSA) is 93.0 Å². The van der Waals surface area contributed by atoms with Crippen molar-refractivity contribution >= 4 is 22.5 Å². The van der Waals surface area contributed by atoms with Crippen LogP contribution in [0.2, 0.25) is 0 Å². The highest BCUT2D eigenvalue weighted by Gasteiger charge is 2.52. The lowest BCUT2D eigenvalue weighted by molar-refractivity contribution is -0.286. The van der Waals surface area contributed by atoms with Gasteiger partial charge in [0.25, 0.3) is 0 Å². The van der Waals surface area contributed by atoms with Gasteiger partial charge in [-0.1, -0.05) is 26.8 Å². The van der Waals surface area contributed by atoms with Gasteiger partial charge in [-0.2, -0.15) is 0 Å². The maximum absolute atomic E-state index is 13.4. The normalized spacial score (nSPS) is 18.5. The lowest BCUT2D eigenvalue weighted by atomic mass is 9.92. The number of halogens is 2. The Morgan fingerprint density at radius 1 is 1.14 bits per heavy atom. The molecule has 0 saturated heterocycles. The van der Waals surface area contributed by atoms with Crippen LogP contribution < -0.4 is 14.8 Å². The maximum atomic E-state index is 13.4. The zero-order valence-electron chi connectivity index (χ0n) is 19.8. The zero-order chi connectivity index (χ0) is 25.2. The molecule has 188 valence electrons. The van der Waals surface area contributed by atoms with Crippen LogP contribution >= 0.6 is 0 Å². The van der Waals surface area contributed by atoms with E-state index in [2.05, 4.69) is 35.6 Å². The molecule has 2 heterocycles. The van der Waals surface area contributed by atoms with Crippen LogP contribution in [0.3, 0.4) is 0 Å². The Labute approximate surface area is 202 Å². The van der Waals surface area contributed by atoms with Crippen LogP contribution in [-0.4, -0.2) is 39.7 Å². The first kappa shape index (κ1) is 23.6. The molecule has 1 amide bonds. The molecule has 0 bridgehead atoms. The fraction of sp³-hybridized carbons (Fsp3) is 0.423. The maximum Gasteiger partial charge on any atom is 0.586 e. The van der Waals surface area contributed by atoms with Crippen molar-refractivity contribution in [1.82, 2.24) is 4.57 Å². The highest BCUT2D eigenvalue weighted by atomic mass is 19.3. The van der Waals surface area contributed by atoms with Gasteiger partial charge in [0.1, 0.15) is 0 Å². The number of benzene rings is 2. The number of anilines is 1. The summed E-state index contributed by atoms with van der Waals surface area (Å²) in [6.07, 6.45) is -3.39. The number of hydrogen-bond donors (Lipinski definition) is 3. The smallest absolute Gasteiger partial charge is 0.395 e. The molecule has 2 aromatic carbocycles. The Morgan fingerprint density at radius 3 is 2.51 bits per heavy atom. The van der Waals surface area contributed by atoms with E-state index >= 15 is 0 Å². The van der Waals surface area contributed by atoms with Crippen LogP contribution in [0.1, 0.15) is 46.3 Å². The summed E-state index contributed by atoms with van der Waals surface area (Å²) in [5.41, 5.74) is 2.10. The molecule has 0 spiro atoms. The number of rotatable bonds is 6. The number of nitrogens with one attached hydrogen (secondary N) is 1. The second kappa shape index (κ2) is 7.93. The standard InChI is InChI=1S/C26H28F2N2O5.H2/c1-24(2,3)22-11-15-10-17(5-6-19(15)30(22)13-18(32)14-31)29-23(33)25(8-9-25)16-4-7-20-21(12-16)35-26(27,28)34-20;/h4-7,10-12,18,31-32H,8-9,13-14H2,1-3H3,(H,29,33);1H/t18-;/m0./s1. The van der Waals surface area contributed by atoms with Crippen LogP contribution in [0, 0.1) is 0 Å². The van der Waals surface area contributed by atoms with Crippen LogP contribution in [-0.2, 0) is 22.2 Å². The molecule has 0 radical (unpaired) electrons. The minimum atomic E-state index is -3.70. The van der Waals surface area contributed by atoms with Gasteiger partial charge in [-0.25, -0.2) is 0 Å². The summed E-state index contributed by atoms with van der Waals surface area (Å²) in [6, 6.07) is 12.1. The molecule has 3 N–H and O–H groups in total. The highest BCUT2D eigenvalue weighted by Crippen LogP contribution is 2.52. The fourth-order valence-corrected chi connectivity index (χ4v) is 4.70. The third kappa shape index (κ3) is 4.23. The second-order valence-electron chi connectivity index (χ2n) is 10.4. The molecule has 0 unspecified atom stereocenters. The summed E-state index contributed by atoms with van der Waals surface area (Å²) in [4.78, 5) is 13.3. The zero-order valence-corrected chi connectivity index (χ0v) is 19.8. The number of aliphatic hydroxyl groups is 2. The number of carbonyl (C=O) groups excluding carboxylic acids is 1. The predicted octanol–water partition coefficient (Wildman–Crippen LogP) is 4.53. The SMILES string of the molecule is CC(C)(C)c1cc2cc(NC(=O)C3(c4ccc5c(c4)OC(F)(F)O5)CC3)ccc2n1C[C@H](O)CO.[HH]. The van der Waals surface area contributed by atoms with Gasteiger partial charge in [-0.15, -0.1) is 8.78 Å². The van der Waals surface area contributed by atoms with Gasteiger partial charge in [0, 0.05) is 29.1 Å². The molecular formula is C26H30F2N2O5. The summed E-state index contributed by atoms with van der Waals surface area (Å²) >= 11 is 0. The van der Waals surface area contributed by atoms with Gasteiger partial charge in [0.05, 0.1) is 24.7 Å². The van der Waals surface area contributed by atoms with Gasteiger partial charge in [0.2, 0.25) is 5.91 Å². The predicted molar refractivity (Wildman–Crippen MR) is 128 cm³/mol. The summed E-state index contributed by atoms with van der Waals surface area (Å²) in [6.45, 7) is 6.14. The van der Waals surface area contributed by atoms with Gasteiger partial charge in [-0.3, -0.25) is 4.79 Å². The summed E-state index contributed by atoms with van der Waals surface area (Å²) < 4.78 is 37.8. The van der Waals surface area contributed by atoms with E-state index in [9.17, 15) is 23.8 Å². The largest absolute Gasteiger partial charge is 0.586 e. The Balaban J connectivity index is 0.00000304. The van der Waals surface area contributed by atoms with Crippen molar-refractivity contribution in [2.75, 3.05) is 11.9 Å². The van der Waals surface area contributed by atoms with E-state index in [1.54, 1.807) is 12.1 Å². The number of nitrogens with zero attached hydrogens (tertiary/aromatic N) is 1. The number of alkyl halides is 2. The lowest BCUT2D eigenvalue weighted by Gasteiger charge is -2.23. The first-order chi connectivity index (χ1) is 16.4. The molecule has 1 aromatic heterocycles. The third-order valence-electron chi connectivity index (χ3n) is 6.67. The van der Waals surface area contributed by atoms with Crippen molar-refractivity contribution in [2.24, 2.45) is 0 Å². The molecule has 1 saturated carbocycles. The third-order valence-corrected chi connectivity index (χ3v) is 6.67. The fourth-order valence-electron chi connectivity index (χ4n) is 4.70. The van der Waals surface area contributed by atoms with E-state index in [-0.39, 0.29) is 37.4 Å². The van der Waals surface area contributed by atoms with Crippen molar-refractivity contribution in [3.05, 3.63) is 53.7 Å². The van der Waals surface area contributed by atoms with E-state index in [1.807, 2.05) is 22.8 Å². The van der Waals surface area contributed by atoms with Crippen molar-refractivity contribution in [3.8, 4) is 11.5 Å². The van der Waals surface area contributed by atoms with Gasteiger partial charge < -0.3 is 29.6 Å². The van der Waals surface area contributed by atoms with Crippen molar-refractivity contribution in [3.63, 3.8) is 0 Å². The molecular weight excluding hydrogens is 458 g/mol. The van der Waals surface area contributed by atoms with Crippen molar-refractivity contribution in [2.45, 2.75) is 63.4 Å². The molecule has 5 rings (SSSR count). The minimum Gasteiger partial charge on any atom is -0.395 e. The van der Waals surface area contributed by atoms with Gasteiger partial charge in [0.15, 0.2) is 11.5 Å². The molecule has 7 nitrogen and oxygen atoms in total. The van der Waals surface area contributed by atoms with Crippen LogP contribution in [0.4, 0.5) is 14.5 Å². The number of aliphatic hydroxyl groups excluding tert-OH is 2. The lowest BCUT2D eigenvalue weighted by Crippen LogP contribution is -2.28. The number of amides is 1. The number of fused-ring (bicyclic) bond motifs is 2. The Morgan fingerprint density at radius 2 is 1.86 bits per heavy atom. The quantitative estimate of drug-likeness (QED) is 0.474. The number of hydrogen-bond acceptors (Lipinski definition) is 5. The Hall–Kier alpha value is -3.17. The molecule has 1 atom stereocenters. The van der Waals surface area contributed by atoms with E-state index < -0.39 is 17.8 Å². The summed E-state index contributed by atoms with van der Waals surface area (Å²) in [7, 11) is 0. The molecule has 9 heteroatoms. The van der Waals surface area contributed by atoms with Crippen LogP contribution in [0.25, 0.3) is 10.9 Å². The van der Waals surface area contributed by atoms with Crippen LogP contribution in [0.15, 0.2) is 42.5 Å². The van der Waals surface area contributed by atoms with Crippen molar-refractivity contribution in [1.29, 1.82) is 0 Å². The number of aromatic nitrogens is 1. The van der Waals surface area contributed by atoms with E-state index in [0.29, 0.717) is 24.1 Å². The van der Waals surface area contributed by atoms with Gasteiger partial charge >= 0.3 is 6.29 Å². The van der Waals surface area contributed by atoms with Crippen molar-refractivity contribution < 1.29 is 34.7 Å². The minimum absolute atomic E-state index is 0. The molecule has 3 aromatic rings. The first-order valence-corrected chi connectivity index (χ1v) is 11.6. The summed E-state index contributed by atoms with van der Waals surface area (Å²) in [5.74, 6) is -0.339. The number of ether oxygens (including phenoxy) is 2. The first-order valence-electron chi connectivity index (χ1n) is 11.6. The second-order valence-corrected chi connectivity index (χ2v) is 10.4. The monoisotopic (exact) mass is 488 g/mol. The summed E-state index contributed by atoms with van der Waals surface area (Å²) in [5, 5.41) is 23.3. The molecule has 1 aliphatic heterocycles.